The normalized spacial score (nSPS) is 20.6. The van der Waals surface area contributed by atoms with E-state index in [1.807, 2.05) is 49.6 Å². The van der Waals surface area contributed by atoms with Crippen LogP contribution in [-0.4, -0.2) is 63.4 Å². The number of aromatic nitrogens is 2. The molecular weight excluding hydrogens is 416 g/mol. The second-order valence-corrected chi connectivity index (χ2v) is 9.34. The molecule has 1 aromatic carbocycles. The summed E-state index contributed by atoms with van der Waals surface area (Å²) >= 11 is 0. The molecule has 8 heteroatoms. The molecule has 3 aliphatic heterocycles. The maximum Gasteiger partial charge on any atom is 0.253 e. The Labute approximate surface area is 192 Å². The van der Waals surface area contributed by atoms with Gasteiger partial charge in [-0.25, -0.2) is 10.0 Å². The third kappa shape index (κ3) is 3.20. The van der Waals surface area contributed by atoms with Gasteiger partial charge in [0.05, 0.1) is 6.04 Å². The topological polar surface area (TPSA) is 88.9 Å². The number of likely N-dealkylation sites (N-methyl/N-ethyl adjacent to an activating group) is 1. The van der Waals surface area contributed by atoms with Gasteiger partial charge >= 0.3 is 0 Å². The number of rotatable bonds is 3. The van der Waals surface area contributed by atoms with Crippen molar-refractivity contribution >= 4 is 28.8 Å². The first-order valence-corrected chi connectivity index (χ1v) is 11.5. The molecule has 0 bridgehead atoms. The first kappa shape index (κ1) is 20.3. The number of aliphatic imine (C=N–C) groups is 1. The third-order valence-corrected chi connectivity index (χ3v) is 7.29. The van der Waals surface area contributed by atoms with Crippen molar-refractivity contribution < 1.29 is 9.90 Å². The summed E-state index contributed by atoms with van der Waals surface area (Å²) in [5.74, 6) is 1.24. The summed E-state index contributed by atoms with van der Waals surface area (Å²) in [7, 11) is 4.06. The molecule has 2 aromatic heterocycles. The number of H-pyrrole nitrogens is 1. The van der Waals surface area contributed by atoms with E-state index in [0.29, 0.717) is 24.6 Å². The number of nitrogens with zero attached hydrogens (tertiary/aromatic N) is 4. The molecule has 1 fully saturated rings. The van der Waals surface area contributed by atoms with Crippen LogP contribution in [0.5, 0.6) is 0 Å². The lowest BCUT2D eigenvalue weighted by molar-refractivity contribution is 0.0651. The fourth-order valence-electron chi connectivity index (χ4n) is 5.35. The summed E-state index contributed by atoms with van der Waals surface area (Å²) in [5, 5.41) is 12.5. The molecule has 1 saturated heterocycles. The van der Waals surface area contributed by atoms with Gasteiger partial charge in [0.25, 0.3) is 5.91 Å². The highest BCUT2D eigenvalue weighted by Crippen LogP contribution is 2.42. The van der Waals surface area contributed by atoms with E-state index < -0.39 is 0 Å². The minimum Gasteiger partial charge on any atom is -0.396 e. The molecule has 0 spiro atoms. The van der Waals surface area contributed by atoms with Crippen LogP contribution in [0.3, 0.4) is 0 Å². The monoisotopic (exact) mass is 444 g/mol. The molecule has 170 valence electrons. The molecule has 8 nitrogen and oxygen atoms in total. The molecule has 33 heavy (non-hydrogen) atoms. The summed E-state index contributed by atoms with van der Waals surface area (Å²) < 4.78 is 2.10. The summed E-state index contributed by atoms with van der Waals surface area (Å²) in [6, 6.07) is 8.28. The van der Waals surface area contributed by atoms with Crippen molar-refractivity contribution in [1.82, 2.24) is 24.9 Å². The molecule has 0 saturated carbocycles. The molecule has 3 N–H and O–H groups in total. The molecule has 1 unspecified atom stereocenters. The van der Waals surface area contributed by atoms with Crippen LogP contribution in [0, 0.1) is 5.92 Å². The Morgan fingerprint density at radius 1 is 1.21 bits per heavy atom. The number of aliphatic hydroxyl groups is 1. The highest BCUT2D eigenvalue weighted by atomic mass is 16.3. The number of carbonyl (C=O) groups is 1. The lowest BCUT2D eigenvalue weighted by Crippen LogP contribution is -2.39. The zero-order valence-corrected chi connectivity index (χ0v) is 18.9. The van der Waals surface area contributed by atoms with E-state index in [-0.39, 0.29) is 18.6 Å². The number of hydrogen-bond acceptors (Lipinski definition) is 5. The average molecular weight is 445 g/mol. The quantitative estimate of drug-likeness (QED) is 0.579. The van der Waals surface area contributed by atoms with E-state index >= 15 is 0 Å². The number of aryl methyl sites for hydroxylation is 1. The lowest BCUT2D eigenvalue weighted by Gasteiger charge is -2.31. The number of hydrogen-bond donors (Lipinski definition) is 3. The van der Waals surface area contributed by atoms with Gasteiger partial charge < -0.3 is 25.0 Å². The van der Waals surface area contributed by atoms with E-state index in [9.17, 15) is 9.90 Å². The Morgan fingerprint density at radius 3 is 2.82 bits per heavy atom. The highest BCUT2D eigenvalue weighted by Gasteiger charge is 2.32. The van der Waals surface area contributed by atoms with Crippen LogP contribution in [0.1, 0.15) is 34.8 Å². The Hall–Kier alpha value is -3.36. The third-order valence-electron chi connectivity index (χ3n) is 7.29. The van der Waals surface area contributed by atoms with Crippen LogP contribution in [0.2, 0.25) is 0 Å². The molecule has 0 aliphatic carbocycles. The van der Waals surface area contributed by atoms with Crippen LogP contribution in [0.4, 0.5) is 5.82 Å². The number of piperidine rings is 1. The van der Waals surface area contributed by atoms with Crippen LogP contribution in [0.15, 0.2) is 47.2 Å². The van der Waals surface area contributed by atoms with Gasteiger partial charge in [-0.3, -0.25) is 4.79 Å². The summed E-state index contributed by atoms with van der Waals surface area (Å²) in [6.45, 7) is 1.60. The van der Waals surface area contributed by atoms with Crippen molar-refractivity contribution in [1.29, 1.82) is 0 Å². The molecule has 6 rings (SSSR count). The number of aliphatic hydroxyl groups excluding tert-OH is 1. The van der Waals surface area contributed by atoms with Crippen LogP contribution in [0.25, 0.3) is 22.2 Å². The standard InChI is InChI=1S/C25H28N6O2/c1-29-13-20(21-10-19-23-17(12-27-30(23)2)11-26-24(19)28-21)18-9-16(3-4-22(18)29)25(33)31-7-5-15(14-32)6-8-31/h3-4,9-13,15,23,27-28,32H,5-8,14H2,1-2H3. The minimum absolute atomic E-state index is 0.0620. The number of fused-ring (bicyclic) bond motifs is 4. The van der Waals surface area contributed by atoms with E-state index in [2.05, 4.69) is 37.2 Å². The lowest BCUT2D eigenvalue weighted by atomic mass is 9.97. The van der Waals surface area contributed by atoms with Gasteiger partial charge in [-0.05, 0) is 43.0 Å². The molecule has 3 aliphatic rings. The Morgan fingerprint density at radius 2 is 2.03 bits per heavy atom. The van der Waals surface area contributed by atoms with Crippen molar-refractivity contribution in [2.24, 2.45) is 18.0 Å². The number of amides is 1. The number of nitrogens with one attached hydrogen (secondary N) is 2. The van der Waals surface area contributed by atoms with E-state index in [1.54, 1.807) is 0 Å². The smallest absolute Gasteiger partial charge is 0.253 e. The molecule has 1 amide bonds. The SMILES string of the molecule is CN1NC=C2C=Nc3[nH]c(-c4cn(C)c5ccc(C(=O)N6CCC(CO)CC6)cc45)cc3C21. The summed E-state index contributed by atoms with van der Waals surface area (Å²) in [5.41, 5.74) is 9.38. The summed E-state index contributed by atoms with van der Waals surface area (Å²) in [6.07, 6.45) is 7.72. The number of likely N-dealkylation sites (tertiary alicyclic amines) is 1. The number of aromatic amines is 1. The zero-order chi connectivity index (χ0) is 22.7. The van der Waals surface area contributed by atoms with Crippen molar-refractivity contribution in [3.05, 3.63) is 53.4 Å². The maximum atomic E-state index is 13.2. The van der Waals surface area contributed by atoms with Crippen LogP contribution in [-0.2, 0) is 7.05 Å². The van der Waals surface area contributed by atoms with Gasteiger partial charge in [0.1, 0.15) is 5.82 Å². The predicted molar refractivity (Wildman–Crippen MR) is 128 cm³/mol. The van der Waals surface area contributed by atoms with Crippen LogP contribution >= 0.6 is 0 Å². The first-order valence-electron chi connectivity index (χ1n) is 11.5. The van der Waals surface area contributed by atoms with Gasteiger partial charge in [-0.2, -0.15) is 0 Å². The fourth-order valence-corrected chi connectivity index (χ4v) is 5.35. The molecule has 0 radical (unpaired) electrons. The van der Waals surface area contributed by atoms with Crippen molar-refractivity contribution in [2.45, 2.75) is 18.9 Å². The molecular formula is C25H28N6O2. The second-order valence-electron chi connectivity index (χ2n) is 9.34. The number of benzene rings is 1. The van der Waals surface area contributed by atoms with Gasteiger partial charge in [-0.15, -0.1) is 0 Å². The average Bonchev–Trinajstić information content (AvgIpc) is 3.53. The molecule has 1 atom stereocenters. The van der Waals surface area contributed by atoms with Gasteiger partial charge in [0.2, 0.25) is 0 Å². The van der Waals surface area contributed by atoms with Crippen molar-refractivity contribution in [3.8, 4) is 11.3 Å². The Bertz CT molecular complexity index is 1310. The largest absolute Gasteiger partial charge is 0.396 e. The van der Waals surface area contributed by atoms with Gasteiger partial charge in [-0.1, -0.05) is 0 Å². The van der Waals surface area contributed by atoms with Crippen molar-refractivity contribution in [2.75, 3.05) is 26.7 Å². The predicted octanol–water partition coefficient (Wildman–Crippen LogP) is 3.11. The van der Waals surface area contributed by atoms with Crippen molar-refractivity contribution in [3.63, 3.8) is 0 Å². The van der Waals surface area contributed by atoms with E-state index in [1.165, 1.54) is 0 Å². The fraction of sp³-hybridized carbons (Fsp3) is 0.360. The van der Waals surface area contributed by atoms with Gasteiger partial charge in [0, 0.05) is 91.3 Å². The minimum atomic E-state index is 0.0620. The number of carbonyl (C=O) groups excluding carboxylic acids is 1. The molecule has 5 heterocycles. The highest BCUT2D eigenvalue weighted by molar-refractivity contribution is 6.03. The van der Waals surface area contributed by atoms with Gasteiger partial charge in [0.15, 0.2) is 0 Å². The van der Waals surface area contributed by atoms with E-state index in [4.69, 9.17) is 0 Å². The second kappa shape index (κ2) is 7.60. The maximum absolute atomic E-state index is 13.2. The number of hydrazine groups is 1. The summed E-state index contributed by atoms with van der Waals surface area (Å²) in [4.78, 5) is 23.3. The molecule has 3 aromatic rings. The Kier molecular flexibility index (Phi) is 4.67. The Balaban J connectivity index is 1.36. The zero-order valence-electron chi connectivity index (χ0n) is 18.9. The first-order chi connectivity index (χ1) is 16.0. The van der Waals surface area contributed by atoms with Crippen LogP contribution < -0.4 is 5.43 Å². The van der Waals surface area contributed by atoms with E-state index in [0.717, 1.165) is 52.0 Å².